The van der Waals surface area contributed by atoms with E-state index in [0.29, 0.717) is 54.4 Å². The molecule has 2 N–H and O–H groups in total. The standard InChI is InChI=1S/C23H27N5O4/c1-4-32-23(31)19-14(2)20(24-15(19)3)18(29)13-27-9-11-28(12-10-27)22(30)21-16-7-5-6-8-17(16)25-26-21/h5-8,24H,4,9-13H2,1-3H3,(H,25,26). The van der Waals surface area contributed by atoms with E-state index in [1.807, 2.05) is 29.2 Å². The molecule has 1 aliphatic heterocycles. The van der Waals surface area contributed by atoms with E-state index < -0.39 is 5.97 Å². The number of carbonyl (C=O) groups is 3. The van der Waals surface area contributed by atoms with Gasteiger partial charge in [0.15, 0.2) is 11.5 Å². The second kappa shape index (κ2) is 8.96. The maximum absolute atomic E-state index is 12.9. The van der Waals surface area contributed by atoms with Crippen molar-refractivity contribution < 1.29 is 19.1 Å². The van der Waals surface area contributed by atoms with Gasteiger partial charge < -0.3 is 14.6 Å². The van der Waals surface area contributed by atoms with Crippen molar-refractivity contribution in [2.45, 2.75) is 20.8 Å². The van der Waals surface area contributed by atoms with Crippen LogP contribution in [0.15, 0.2) is 24.3 Å². The Bertz CT molecular complexity index is 1170. The molecular weight excluding hydrogens is 410 g/mol. The lowest BCUT2D eigenvalue weighted by molar-refractivity contribution is 0.0524. The Kier molecular flexibility index (Phi) is 6.09. The number of Topliss-reactive ketones (excluding diaryl/α,β-unsaturated/α-hetero) is 1. The Morgan fingerprint density at radius 2 is 1.81 bits per heavy atom. The fraction of sp³-hybridized carbons (Fsp3) is 0.391. The smallest absolute Gasteiger partial charge is 0.340 e. The summed E-state index contributed by atoms with van der Waals surface area (Å²) in [5, 5.41) is 7.91. The van der Waals surface area contributed by atoms with E-state index in [1.54, 1.807) is 25.7 Å². The Hall–Kier alpha value is -3.46. The van der Waals surface area contributed by atoms with Crippen molar-refractivity contribution in [1.29, 1.82) is 0 Å². The van der Waals surface area contributed by atoms with E-state index in [4.69, 9.17) is 4.74 Å². The van der Waals surface area contributed by atoms with Crippen LogP contribution in [0.25, 0.3) is 10.9 Å². The first-order valence-electron chi connectivity index (χ1n) is 10.7. The number of esters is 1. The number of hydrogen-bond acceptors (Lipinski definition) is 6. The fourth-order valence-corrected chi connectivity index (χ4v) is 4.21. The van der Waals surface area contributed by atoms with Gasteiger partial charge in [-0.15, -0.1) is 0 Å². The molecule has 9 nitrogen and oxygen atoms in total. The van der Waals surface area contributed by atoms with Crippen LogP contribution in [0.2, 0.25) is 0 Å². The Morgan fingerprint density at radius 3 is 2.53 bits per heavy atom. The number of benzene rings is 1. The van der Waals surface area contributed by atoms with Gasteiger partial charge in [-0.1, -0.05) is 18.2 Å². The molecule has 0 unspecified atom stereocenters. The summed E-state index contributed by atoms with van der Waals surface area (Å²) in [6.07, 6.45) is 0. The SMILES string of the molecule is CCOC(=O)c1c(C)[nH]c(C(=O)CN2CCN(C(=O)c3n[nH]c4ccccc34)CC2)c1C. The van der Waals surface area contributed by atoms with Crippen LogP contribution >= 0.6 is 0 Å². The molecule has 2 aromatic heterocycles. The number of ketones is 1. The molecule has 0 saturated carbocycles. The van der Waals surface area contributed by atoms with Gasteiger partial charge in [0.1, 0.15) is 0 Å². The van der Waals surface area contributed by atoms with Gasteiger partial charge >= 0.3 is 5.97 Å². The van der Waals surface area contributed by atoms with Crippen molar-refractivity contribution in [3.63, 3.8) is 0 Å². The lowest BCUT2D eigenvalue weighted by Crippen LogP contribution is -2.50. The Morgan fingerprint density at radius 1 is 1.09 bits per heavy atom. The van der Waals surface area contributed by atoms with Crippen LogP contribution in [0.3, 0.4) is 0 Å². The molecule has 9 heteroatoms. The topological polar surface area (TPSA) is 111 Å². The summed E-state index contributed by atoms with van der Waals surface area (Å²) >= 11 is 0. The summed E-state index contributed by atoms with van der Waals surface area (Å²) in [4.78, 5) is 44.9. The molecule has 0 spiro atoms. The van der Waals surface area contributed by atoms with Crippen molar-refractivity contribution in [1.82, 2.24) is 25.0 Å². The number of para-hydroxylation sites is 1. The minimum Gasteiger partial charge on any atom is -0.462 e. The van der Waals surface area contributed by atoms with Gasteiger partial charge in [-0.05, 0) is 32.4 Å². The molecular formula is C23H27N5O4. The highest BCUT2D eigenvalue weighted by atomic mass is 16.5. The lowest BCUT2D eigenvalue weighted by Gasteiger charge is -2.34. The average Bonchev–Trinajstić information content (AvgIpc) is 3.34. The molecule has 1 fully saturated rings. The molecule has 0 bridgehead atoms. The van der Waals surface area contributed by atoms with Crippen molar-refractivity contribution in [3.05, 3.63) is 52.5 Å². The van der Waals surface area contributed by atoms with Crippen LogP contribution in [0.5, 0.6) is 0 Å². The van der Waals surface area contributed by atoms with Crippen LogP contribution < -0.4 is 0 Å². The number of rotatable bonds is 6. The number of fused-ring (bicyclic) bond motifs is 1. The number of amides is 1. The van der Waals surface area contributed by atoms with E-state index >= 15 is 0 Å². The van der Waals surface area contributed by atoms with E-state index in [2.05, 4.69) is 15.2 Å². The number of aryl methyl sites for hydroxylation is 1. The van der Waals surface area contributed by atoms with Gasteiger partial charge in [0.05, 0.1) is 29.9 Å². The predicted octanol–water partition coefficient (Wildman–Crippen LogP) is 2.33. The summed E-state index contributed by atoms with van der Waals surface area (Å²) < 4.78 is 5.10. The molecule has 32 heavy (non-hydrogen) atoms. The van der Waals surface area contributed by atoms with Crippen LogP contribution in [-0.4, -0.2) is 82.0 Å². The van der Waals surface area contributed by atoms with Gasteiger partial charge in [-0.3, -0.25) is 19.6 Å². The lowest BCUT2D eigenvalue weighted by atomic mass is 10.1. The van der Waals surface area contributed by atoms with Crippen molar-refractivity contribution in [2.75, 3.05) is 39.3 Å². The third-order valence-corrected chi connectivity index (χ3v) is 5.90. The van der Waals surface area contributed by atoms with Crippen LogP contribution in [0.1, 0.15) is 49.5 Å². The molecule has 0 aliphatic carbocycles. The summed E-state index contributed by atoms with van der Waals surface area (Å²) in [5.74, 6) is -0.613. The van der Waals surface area contributed by atoms with E-state index in [1.165, 1.54) is 0 Å². The Balaban J connectivity index is 1.38. The summed E-state index contributed by atoms with van der Waals surface area (Å²) in [5.41, 5.74) is 3.37. The van der Waals surface area contributed by atoms with E-state index in [0.717, 1.165) is 10.9 Å². The molecule has 1 amide bonds. The minimum absolute atomic E-state index is 0.0841. The number of ether oxygens (including phenoxy) is 1. The highest BCUT2D eigenvalue weighted by Crippen LogP contribution is 2.21. The minimum atomic E-state index is -0.421. The maximum atomic E-state index is 12.9. The van der Waals surface area contributed by atoms with Crippen LogP contribution in [0, 0.1) is 13.8 Å². The molecule has 4 rings (SSSR count). The number of nitrogens with one attached hydrogen (secondary N) is 2. The quantitative estimate of drug-likeness (QED) is 0.452. The predicted molar refractivity (Wildman–Crippen MR) is 119 cm³/mol. The highest BCUT2D eigenvalue weighted by Gasteiger charge is 2.28. The number of H-pyrrole nitrogens is 2. The number of piperazine rings is 1. The number of carbonyl (C=O) groups excluding carboxylic acids is 3. The Labute approximate surface area is 185 Å². The molecule has 0 radical (unpaired) electrons. The third kappa shape index (κ3) is 4.03. The second-order valence-electron chi connectivity index (χ2n) is 7.95. The molecule has 3 heterocycles. The molecule has 1 aromatic carbocycles. The van der Waals surface area contributed by atoms with Gasteiger partial charge in [0.2, 0.25) is 0 Å². The second-order valence-corrected chi connectivity index (χ2v) is 7.95. The van der Waals surface area contributed by atoms with Crippen molar-refractivity contribution >= 4 is 28.6 Å². The van der Waals surface area contributed by atoms with Gasteiger partial charge in [0, 0.05) is 37.3 Å². The third-order valence-electron chi connectivity index (χ3n) is 5.90. The monoisotopic (exact) mass is 437 g/mol. The zero-order chi connectivity index (χ0) is 22.8. The molecule has 1 aliphatic rings. The summed E-state index contributed by atoms with van der Waals surface area (Å²) in [7, 11) is 0. The highest BCUT2D eigenvalue weighted by molar-refractivity contribution is 6.05. The molecule has 1 saturated heterocycles. The molecule has 168 valence electrons. The molecule has 0 atom stereocenters. The zero-order valence-corrected chi connectivity index (χ0v) is 18.5. The number of nitrogens with zero attached hydrogens (tertiary/aromatic N) is 3. The van der Waals surface area contributed by atoms with Crippen molar-refractivity contribution in [2.24, 2.45) is 0 Å². The van der Waals surface area contributed by atoms with Gasteiger partial charge in [0.25, 0.3) is 5.91 Å². The van der Waals surface area contributed by atoms with Crippen LogP contribution in [0.4, 0.5) is 0 Å². The first-order valence-corrected chi connectivity index (χ1v) is 10.7. The van der Waals surface area contributed by atoms with Crippen molar-refractivity contribution in [3.8, 4) is 0 Å². The number of aromatic nitrogens is 3. The van der Waals surface area contributed by atoms with E-state index in [9.17, 15) is 14.4 Å². The molecule has 3 aromatic rings. The zero-order valence-electron chi connectivity index (χ0n) is 18.5. The first-order chi connectivity index (χ1) is 15.4. The summed E-state index contributed by atoms with van der Waals surface area (Å²) in [6.45, 7) is 7.98. The number of aromatic amines is 2. The summed E-state index contributed by atoms with van der Waals surface area (Å²) in [6, 6.07) is 7.55. The largest absolute Gasteiger partial charge is 0.462 e. The van der Waals surface area contributed by atoms with E-state index in [-0.39, 0.29) is 24.8 Å². The fourth-order valence-electron chi connectivity index (χ4n) is 4.21. The van der Waals surface area contributed by atoms with Gasteiger partial charge in [-0.2, -0.15) is 5.10 Å². The number of hydrogen-bond donors (Lipinski definition) is 2. The first kappa shape index (κ1) is 21.8. The van der Waals surface area contributed by atoms with Gasteiger partial charge in [-0.25, -0.2) is 4.79 Å². The van der Waals surface area contributed by atoms with Crippen LogP contribution in [-0.2, 0) is 4.74 Å². The normalized spacial score (nSPS) is 14.7. The maximum Gasteiger partial charge on any atom is 0.340 e. The average molecular weight is 438 g/mol.